The molecule has 0 spiro atoms. The summed E-state index contributed by atoms with van der Waals surface area (Å²) in [6.07, 6.45) is 2.98. The highest BCUT2D eigenvalue weighted by Gasteiger charge is 2.20. The van der Waals surface area contributed by atoms with E-state index in [2.05, 4.69) is 11.9 Å². The SMILES string of the molecule is CCCCc1c(C(C)c2ccc(C)c(F)c2)[nH]c2cc(F)c(Cl)cc12. The third-order valence-electron chi connectivity index (χ3n) is 4.89. The molecule has 0 bridgehead atoms. The van der Waals surface area contributed by atoms with Crippen molar-refractivity contribution in [2.45, 2.75) is 46.0 Å². The van der Waals surface area contributed by atoms with Crippen LogP contribution in [-0.4, -0.2) is 4.98 Å². The smallest absolute Gasteiger partial charge is 0.143 e. The van der Waals surface area contributed by atoms with Crippen LogP contribution < -0.4 is 0 Å². The van der Waals surface area contributed by atoms with Gasteiger partial charge in [0.05, 0.1) is 5.02 Å². The zero-order valence-corrected chi connectivity index (χ0v) is 15.5. The Morgan fingerprint density at radius 3 is 2.56 bits per heavy atom. The van der Waals surface area contributed by atoms with E-state index in [0.29, 0.717) is 5.56 Å². The van der Waals surface area contributed by atoms with Gasteiger partial charge in [-0.1, -0.05) is 44.0 Å². The molecule has 0 saturated heterocycles. The zero-order chi connectivity index (χ0) is 18.1. The van der Waals surface area contributed by atoms with E-state index in [9.17, 15) is 8.78 Å². The Kier molecular flexibility index (Phi) is 5.14. The van der Waals surface area contributed by atoms with E-state index >= 15 is 0 Å². The van der Waals surface area contributed by atoms with Crippen molar-refractivity contribution in [3.63, 3.8) is 0 Å². The molecule has 25 heavy (non-hydrogen) atoms. The van der Waals surface area contributed by atoms with Crippen LogP contribution in [0.3, 0.4) is 0 Å². The van der Waals surface area contributed by atoms with Crippen LogP contribution in [0.4, 0.5) is 8.78 Å². The van der Waals surface area contributed by atoms with Crippen LogP contribution in [0.25, 0.3) is 10.9 Å². The van der Waals surface area contributed by atoms with Crippen LogP contribution >= 0.6 is 11.6 Å². The van der Waals surface area contributed by atoms with Crippen LogP contribution in [0.2, 0.25) is 5.02 Å². The first-order chi connectivity index (χ1) is 11.9. The molecule has 0 saturated carbocycles. The molecule has 0 aliphatic heterocycles. The van der Waals surface area contributed by atoms with E-state index in [-0.39, 0.29) is 16.8 Å². The molecule has 0 aliphatic rings. The Morgan fingerprint density at radius 2 is 1.88 bits per heavy atom. The van der Waals surface area contributed by atoms with Crippen LogP contribution in [0.1, 0.15) is 55.0 Å². The van der Waals surface area contributed by atoms with Crippen molar-refractivity contribution in [2.24, 2.45) is 0 Å². The van der Waals surface area contributed by atoms with Gasteiger partial charge in [-0.2, -0.15) is 0 Å². The molecule has 0 amide bonds. The zero-order valence-electron chi connectivity index (χ0n) is 14.7. The number of aromatic nitrogens is 1. The molecule has 3 rings (SSSR count). The number of hydrogen-bond acceptors (Lipinski definition) is 0. The lowest BCUT2D eigenvalue weighted by Crippen LogP contribution is -2.02. The van der Waals surface area contributed by atoms with Crippen molar-refractivity contribution in [3.8, 4) is 0 Å². The quantitative estimate of drug-likeness (QED) is 0.508. The van der Waals surface area contributed by atoms with E-state index in [1.165, 1.54) is 6.07 Å². The maximum absolute atomic E-state index is 14.0. The lowest BCUT2D eigenvalue weighted by Gasteiger charge is -2.14. The summed E-state index contributed by atoms with van der Waals surface area (Å²) in [4.78, 5) is 3.35. The highest BCUT2D eigenvalue weighted by molar-refractivity contribution is 6.31. The Bertz CT molecular complexity index is 914. The van der Waals surface area contributed by atoms with Gasteiger partial charge in [-0.3, -0.25) is 0 Å². The largest absolute Gasteiger partial charge is 0.358 e. The number of hydrogen-bond donors (Lipinski definition) is 1. The van der Waals surface area contributed by atoms with Gasteiger partial charge in [-0.15, -0.1) is 0 Å². The molecule has 0 radical (unpaired) electrons. The molecular weight excluding hydrogens is 340 g/mol. The van der Waals surface area contributed by atoms with Crippen molar-refractivity contribution < 1.29 is 8.78 Å². The van der Waals surface area contributed by atoms with Crippen molar-refractivity contribution in [1.29, 1.82) is 0 Å². The van der Waals surface area contributed by atoms with Crippen molar-refractivity contribution in [3.05, 3.63) is 69.4 Å². The normalized spacial score (nSPS) is 12.7. The first kappa shape index (κ1) is 17.9. The van der Waals surface area contributed by atoms with Gasteiger partial charge in [0, 0.05) is 22.5 Å². The van der Waals surface area contributed by atoms with Crippen LogP contribution in [-0.2, 0) is 6.42 Å². The molecule has 2 aromatic carbocycles. The second-order valence-electron chi connectivity index (χ2n) is 6.66. The second-order valence-corrected chi connectivity index (χ2v) is 7.07. The lowest BCUT2D eigenvalue weighted by atomic mass is 9.92. The molecule has 0 aliphatic carbocycles. The van der Waals surface area contributed by atoms with E-state index in [1.54, 1.807) is 25.1 Å². The molecule has 1 N–H and O–H groups in total. The summed E-state index contributed by atoms with van der Waals surface area (Å²) >= 11 is 6.00. The monoisotopic (exact) mass is 361 g/mol. The van der Waals surface area contributed by atoms with Gasteiger partial charge in [-0.05, 0) is 54.7 Å². The third kappa shape index (κ3) is 3.43. The molecule has 1 heterocycles. The molecule has 1 atom stereocenters. The number of aryl methyl sites for hydroxylation is 2. The molecule has 1 aromatic heterocycles. The fraction of sp³-hybridized carbons (Fsp3) is 0.333. The first-order valence-electron chi connectivity index (χ1n) is 8.68. The number of benzene rings is 2. The Hall–Kier alpha value is -1.87. The van der Waals surface area contributed by atoms with E-state index in [1.807, 2.05) is 13.0 Å². The average molecular weight is 362 g/mol. The van der Waals surface area contributed by atoms with Crippen LogP contribution in [0, 0.1) is 18.6 Å². The predicted octanol–water partition coefficient (Wildman–Crippen LogP) is 6.90. The summed E-state index contributed by atoms with van der Waals surface area (Å²) in [6.45, 7) is 5.94. The average Bonchev–Trinajstić information content (AvgIpc) is 2.92. The summed E-state index contributed by atoms with van der Waals surface area (Å²) in [6, 6.07) is 8.47. The molecular formula is C21H22ClF2N. The Balaban J connectivity index is 2.14. The molecule has 0 fully saturated rings. The summed E-state index contributed by atoms with van der Waals surface area (Å²) in [5, 5.41) is 1.08. The van der Waals surface area contributed by atoms with Crippen molar-refractivity contribution in [2.75, 3.05) is 0 Å². The van der Waals surface area contributed by atoms with Gasteiger partial charge in [-0.25, -0.2) is 8.78 Å². The highest BCUT2D eigenvalue weighted by atomic mass is 35.5. The molecule has 4 heteroatoms. The van der Waals surface area contributed by atoms with E-state index in [0.717, 1.165) is 47.0 Å². The van der Waals surface area contributed by atoms with Crippen LogP contribution in [0.5, 0.6) is 0 Å². The standard InChI is InChI=1S/C21H22ClF2N/c1-4-5-6-15-16-10-17(22)19(24)11-20(16)25-21(15)13(3)14-8-7-12(2)18(23)9-14/h7-11,13,25H,4-6H2,1-3H3. The molecule has 3 aromatic rings. The topological polar surface area (TPSA) is 15.8 Å². The predicted molar refractivity (Wildman–Crippen MR) is 101 cm³/mol. The fourth-order valence-electron chi connectivity index (χ4n) is 3.30. The summed E-state index contributed by atoms with van der Waals surface area (Å²) in [5.74, 6) is -0.654. The van der Waals surface area contributed by atoms with Crippen molar-refractivity contribution >= 4 is 22.5 Å². The number of unbranched alkanes of at least 4 members (excludes halogenated alkanes) is 1. The number of aromatic amines is 1. The van der Waals surface area contributed by atoms with Gasteiger partial charge in [0.25, 0.3) is 0 Å². The highest BCUT2D eigenvalue weighted by Crippen LogP contribution is 2.35. The maximum Gasteiger partial charge on any atom is 0.143 e. The number of fused-ring (bicyclic) bond motifs is 1. The van der Waals surface area contributed by atoms with E-state index in [4.69, 9.17) is 11.6 Å². The van der Waals surface area contributed by atoms with Gasteiger partial charge < -0.3 is 4.98 Å². The van der Waals surface area contributed by atoms with Gasteiger partial charge in [0.1, 0.15) is 11.6 Å². The maximum atomic E-state index is 14.0. The summed E-state index contributed by atoms with van der Waals surface area (Å²) in [5.41, 5.74) is 4.43. The number of nitrogens with one attached hydrogen (secondary N) is 1. The minimum absolute atomic E-state index is 0.0174. The molecule has 132 valence electrons. The molecule has 1 unspecified atom stereocenters. The molecule has 1 nitrogen and oxygen atoms in total. The number of H-pyrrole nitrogens is 1. The summed E-state index contributed by atoms with van der Waals surface area (Å²) in [7, 11) is 0. The third-order valence-corrected chi connectivity index (χ3v) is 5.18. The summed E-state index contributed by atoms with van der Waals surface area (Å²) < 4.78 is 27.9. The van der Waals surface area contributed by atoms with Gasteiger partial charge >= 0.3 is 0 Å². The lowest BCUT2D eigenvalue weighted by molar-refractivity contribution is 0.614. The van der Waals surface area contributed by atoms with Crippen LogP contribution in [0.15, 0.2) is 30.3 Å². The van der Waals surface area contributed by atoms with E-state index < -0.39 is 5.82 Å². The van der Waals surface area contributed by atoms with Gasteiger partial charge in [0.2, 0.25) is 0 Å². The first-order valence-corrected chi connectivity index (χ1v) is 9.05. The van der Waals surface area contributed by atoms with Crippen molar-refractivity contribution in [1.82, 2.24) is 4.98 Å². The Morgan fingerprint density at radius 1 is 1.12 bits per heavy atom. The Labute approximate surface area is 152 Å². The number of rotatable bonds is 5. The minimum atomic E-state index is -0.432. The number of halogens is 3. The second kappa shape index (κ2) is 7.17. The van der Waals surface area contributed by atoms with Gasteiger partial charge in [0.15, 0.2) is 0 Å². The minimum Gasteiger partial charge on any atom is -0.358 e. The fourth-order valence-corrected chi connectivity index (χ4v) is 3.47.